The first kappa shape index (κ1) is 18.6. The van der Waals surface area contributed by atoms with Gasteiger partial charge in [-0.05, 0) is 67.3 Å². The number of fused-ring (bicyclic) bond motifs is 2. The topological polar surface area (TPSA) is 68.7 Å². The Hall–Kier alpha value is -2.80. The molecule has 146 valence electrons. The average molecular weight is 398 g/mol. The molecule has 0 amide bonds. The lowest BCUT2D eigenvalue weighted by molar-refractivity contribution is 0.411. The van der Waals surface area contributed by atoms with Crippen molar-refractivity contribution in [2.24, 2.45) is 0 Å². The van der Waals surface area contributed by atoms with Gasteiger partial charge in [-0.1, -0.05) is 0 Å². The molecule has 0 saturated carbocycles. The Bertz CT molecular complexity index is 1190. The Morgan fingerprint density at radius 3 is 2.50 bits per heavy atom. The van der Waals surface area contributed by atoms with Crippen LogP contribution in [0.25, 0.3) is 10.9 Å². The average Bonchev–Trinajstić information content (AvgIpc) is 3.10. The Kier molecular flexibility index (Phi) is 4.42. The zero-order chi connectivity index (χ0) is 20.1. The summed E-state index contributed by atoms with van der Waals surface area (Å²) in [4.78, 5) is 4.95. The minimum atomic E-state index is -3.73. The summed E-state index contributed by atoms with van der Waals surface area (Å²) in [5.41, 5.74) is 3.08. The van der Waals surface area contributed by atoms with Crippen LogP contribution in [0, 0.1) is 13.8 Å². The van der Waals surface area contributed by atoms with E-state index in [4.69, 9.17) is 9.47 Å². The molecule has 0 bridgehead atoms. The third-order valence-electron chi connectivity index (χ3n) is 5.16. The molecule has 3 aromatic rings. The quantitative estimate of drug-likeness (QED) is 0.671. The van der Waals surface area contributed by atoms with Crippen molar-refractivity contribution < 1.29 is 17.9 Å². The fourth-order valence-corrected chi connectivity index (χ4v) is 5.40. The summed E-state index contributed by atoms with van der Waals surface area (Å²) in [6, 6.07) is 11.1. The number of ether oxygens (including phenoxy) is 2. The normalized spacial score (nSPS) is 13.6. The Labute approximate surface area is 164 Å². The molecule has 7 heteroatoms. The summed E-state index contributed by atoms with van der Waals surface area (Å²) < 4.78 is 38.9. The van der Waals surface area contributed by atoms with Crippen molar-refractivity contribution in [2.75, 3.05) is 25.1 Å². The van der Waals surface area contributed by atoms with Crippen LogP contribution in [0.3, 0.4) is 0 Å². The van der Waals surface area contributed by atoms with Crippen LogP contribution >= 0.6 is 0 Å². The third-order valence-corrected chi connectivity index (χ3v) is 7.09. The zero-order valence-electron chi connectivity index (χ0n) is 16.3. The summed E-state index contributed by atoms with van der Waals surface area (Å²) in [7, 11) is -0.554. The number of hydrogen-bond donors (Lipinski definition) is 0. The van der Waals surface area contributed by atoms with E-state index in [0.717, 1.165) is 16.5 Å². The number of sulfonamides is 1. The van der Waals surface area contributed by atoms with Gasteiger partial charge in [-0.15, -0.1) is 0 Å². The summed E-state index contributed by atoms with van der Waals surface area (Å²) >= 11 is 0. The number of hydrogen-bond acceptors (Lipinski definition) is 5. The van der Waals surface area contributed by atoms with Crippen LogP contribution in [0.5, 0.6) is 11.5 Å². The van der Waals surface area contributed by atoms with Crippen molar-refractivity contribution in [1.29, 1.82) is 0 Å². The molecule has 1 aromatic heterocycles. The van der Waals surface area contributed by atoms with E-state index in [2.05, 4.69) is 4.98 Å². The molecule has 6 nitrogen and oxygen atoms in total. The van der Waals surface area contributed by atoms with Gasteiger partial charge in [0.2, 0.25) is 0 Å². The number of pyridine rings is 1. The van der Waals surface area contributed by atoms with Crippen LogP contribution in [0.1, 0.15) is 16.7 Å². The molecule has 0 spiro atoms. The van der Waals surface area contributed by atoms with Gasteiger partial charge in [-0.2, -0.15) is 0 Å². The fourth-order valence-electron chi connectivity index (χ4n) is 3.65. The van der Waals surface area contributed by atoms with E-state index < -0.39 is 10.0 Å². The lowest BCUT2D eigenvalue weighted by Gasteiger charge is -2.21. The standard InChI is InChI=1S/C21H22N2O4S/c1-13-10-20(14(2)9-19(13)27-4)28(24,25)23-8-7-16-11-15-5-6-17(26-3)12-18(15)22-21(16)23/h5-6,9-12H,7-8H2,1-4H3. The maximum Gasteiger partial charge on any atom is 0.265 e. The van der Waals surface area contributed by atoms with Gasteiger partial charge < -0.3 is 9.47 Å². The van der Waals surface area contributed by atoms with Crippen molar-refractivity contribution in [1.82, 2.24) is 4.98 Å². The zero-order valence-corrected chi connectivity index (χ0v) is 17.1. The fraction of sp³-hybridized carbons (Fsp3) is 0.286. The summed E-state index contributed by atoms with van der Waals surface area (Å²) in [5.74, 6) is 1.86. The van der Waals surface area contributed by atoms with E-state index in [0.29, 0.717) is 41.4 Å². The van der Waals surface area contributed by atoms with E-state index in [9.17, 15) is 8.42 Å². The molecular formula is C21H22N2O4S. The summed E-state index contributed by atoms with van der Waals surface area (Å²) in [5, 5.41) is 0.968. The van der Waals surface area contributed by atoms with Crippen LogP contribution in [0.2, 0.25) is 0 Å². The molecular weight excluding hydrogens is 376 g/mol. The van der Waals surface area contributed by atoms with Gasteiger partial charge in [0.05, 0.1) is 24.6 Å². The van der Waals surface area contributed by atoms with Crippen LogP contribution in [0.15, 0.2) is 41.3 Å². The monoisotopic (exact) mass is 398 g/mol. The van der Waals surface area contributed by atoms with E-state index in [-0.39, 0.29) is 4.90 Å². The predicted octanol–water partition coefficient (Wildman–Crippen LogP) is 3.62. The number of aryl methyl sites for hydroxylation is 2. The van der Waals surface area contributed by atoms with Crippen molar-refractivity contribution in [3.05, 3.63) is 53.1 Å². The number of methoxy groups -OCH3 is 2. The van der Waals surface area contributed by atoms with Crippen LogP contribution < -0.4 is 13.8 Å². The largest absolute Gasteiger partial charge is 0.497 e. The first-order chi connectivity index (χ1) is 13.3. The molecule has 2 heterocycles. The molecule has 4 rings (SSSR count). The minimum Gasteiger partial charge on any atom is -0.497 e. The van der Waals surface area contributed by atoms with Gasteiger partial charge in [0.25, 0.3) is 10.0 Å². The number of benzene rings is 2. The molecule has 28 heavy (non-hydrogen) atoms. The maximum absolute atomic E-state index is 13.4. The molecule has 1 aliphatic rings. The highest BCUT2D eigenvalue weighted by atomic mass is 32.2. The molecule has 0 N–H and O–H groups in total. The molecule has 0 radical (unpaired) electrons. The molecule has 0 atom stereocenters. The Morgan fingerprint density at radius 1 is 1.00 bits per heavy atom. The molecule has 0 aliphatic carbocycles. The van der Waals surface area contributed by atoms with Gasteiger partial charge in [0, 0.05) is 18.0 Å². The van der Waals surface area contributed by atoms with Crippen molar-refractivity contribution >= 4 is 26.7 Å². The number of aromatic nitrogens is 1. The van der Waals surface area contributed by atoms with E-state index in [1.165, 1.54) is 4.31 Å². The van der Waals surface area contributed by atoms with Crippen molar-refractivity contribution in [3.8, 4) is 11.5 Å². The van der Waals surface area contributed by atoms with Gasteiger partial charge in [0.1, 0.15) is 17.3 Å². The molecule has 2 aromatic carbocycles. The van der Waals surface area contributed by atoms with Gasteiger partial charge in [-0.3, -0.25) is 0 Å². The van der Waals surface area contributed by atoms with Gasteiger partial charge in [0.15, 0.2) is 0 Å². The van der Waals surface area contributed by atoms with E-state index >= 15 is 0 Å². The molecule has 1 aliphatic heterocycles. The lowest BCUT2D eigenvalue weighted by atomic mass is 10.1. The Morgan fingerprint density at radius 2 is 1.79 bits per heavy atom. The highest BCUT2D eigenvalue weighted by Gasteiger charge is 2.33. The van der Waals surface area contributed by atoms with Crippen molar-refractivity contribution in [3.63, 3.8) is 0 Å². The highest BCUT2D eigenvalue weighted by molar-refractivity contribution is 7.92. The van der Waals surface area contributed by atoms with Crippen LogP contribution in [0.4, 0.5) is 5.82 Å². The number of anilines is 1. The molecule has 0 fully saturated rings. The summed E-state index contributed by atoms with van der Waals surface area (Å²) in [6.07, 6.45) is 0.637. The second-order valence-electron chi connectivity index (χ2n) is 6.94. The van der Waals surface area contributed by atoms with E-state index in [1.54, 1.807) is 33.3 Å². The van der Waals surface area contributed by atoms with Gasteiger partial charge >= 0.3 is 0 Å². The van der Waals surface area contributed by atoms with Gasteiger partial charge in [-0.25, -0.2) is 17.7 Å². The first-order valence-electron chi connectivity index (χ1n) is 9.01. The third kappa shape index (κ3) is 2.86. The molecule has 0 unspecified atom stereocenters. The number of nitrogens with zero attached hydrogens (tertiary/aromatic N) is 2. The minimum absolute atomic E-state index is 0.284. The number of rotatable bonds is 4. The highest BCUT2D eigenvalue weighted by Crippen LogP contribution is 2.36. The second-order valence-corrected chi connectivity index (χ2v) is 8.77. The Balaban J connectivity index is 1.84. The smallest absolute Gasteiger partial charge is 0.265 e. The second kappa shape index (κ2) is 6.67. The van der Waals surface area contributed by atoms with E-state index in [1.807, 2.05) is 31.2 Å². The summed E-state index contributed by atoms with van der Waals surface area (Å²) in [6.45, 7) is 4.00. The predicted molar refractivity (Wildman–Crippen MR) is 109 cm³/mol. The molecule has 0 saturated heterocycles. The first-order valence-corrected chi connectivity index (χ1v) is 10.4. The lowest BCUT2D eigenvalue weighted by Crippen LogP contribution is -2.30. The maximum atomic E-state index is 13.4. The van der Waals surface area contributed by atoms with Crippen LogP contribution in [-0.4, -0.2) is 34.2 Å². The SMILES string of the molecule is COc1ccc2cc3c(nc2c1)N(S(=O)(=O)c1cc(C)c(OC)cc1C)CC3. The van der Waals surface area contributed by atoms with Crippen molar-refractivity contribution in [2.45, 2.75) is 25.2 Å². The van der Waals surface area contributed by atoms with Crippen LogP contribution in [-0.2, 0) is 16.4 Å².